The molecule has 0 atom stereocenters. The predicted molar refractivity (Wildman–Crippen MR) is 81.6 cm³/mol. The zero-order chi connectivity index (χ0) is 14.8. The fourth-order valence-corrected chi connectivity index (χ4v) is 3.19. The van der Waals surface area contributed by atoms with Gasteiger partial charge in [0.05, 0.1) is 7.11 Å². The minimum Gasteiger partial charge on any atom is -0.496 e. The van der Waals surface area contributed by atoms with E-state index >= 15 is 0 Å². The van der Waals surface area contributed by atoms with E-state index in [2.05, 4.69) is 12.2 Å². The zero-order valence-electron chi connectivity index (χ0n) is 13.0. The molecule has 3 nitrogen and oxygen atoms in total. The van der Waals surface area contributed by atoms with Crippen LogP contribution in [0, 0.1) is 19.3 Å². The van der Waals surface area contributed by atoms with Crippen LogP contribution in [0.25, 0.3) is 0 Å². The Kier molecular flexibility index (Phi) is 4.48. The van der Waals surface area contributed by atoms with Gasteiger partial charge in [0.1, 0.15) is 5.75 Å². The summed E-state index contributed by atoms with van der Waals surface area (Å²) in [6.07, 6.45) is 2.79. The standard InChI is InChI=1S/C17H25NO2/c1-5-17(6-8-18-9-7-17)16(19)14-10-13(3)15(20-4)11-12(14)2/h10-11,18H,5-9H2,1-4H3. The molecule has 0 radical (unpaired) electrons. The van der Waals surface area contributed by atoms with Gasteiger partial charge in [-0.15, -0.1) is 0 Å². The van der Waals surface area contributed by atoms with Crippen molar-refractivity contribution in [2.24, 2.45) is 5.41 Å². The molecule has 1 aromatic rings. The number of piperidine rings is 1. The summed E-state index contributed by atoms with van der Waals surface area (Å²) in [6.45, 7) is 8.01. The van der Waals surface area contributed by atoms with Crippen molar-refractivity contribution in [3.63, 3.8) is 0 Å². The molecule has 0 aromatic heterocycles. The SMILES string of the molecule is CCC1(C(=O)c2cc(C)c(OC)cc2C)CCNCC1. The number of benzene rings is 1. The first-order valence-electron chi connectivity index (χ1n) is 7.45. The average Bonchev–Trinajstić information content (AvgIpc) is 2.49. The number of methoxy groups -OCH3 is 1. The lowest BCUT2D eigenvalue weighted by molar-refractivity contribution is 0.0717. The highest BCUT2D eigenvalue weighted by Gasteiger charge is 2.38. The lowest BCUT2D eigenvalue weighted by Gasteiger charge is -2.36. The summed E-state index contributed by atoms with van der Waals surface area (Å²) in [5, 5.41) is 3.35. The van der Waals surface area contributed by atoms with Crippen molar-refractivity contribution in [1.82, 2.24) is 5.32 Å². The largest absolute Gasteiger partial charge is 0.496 e. The van der Waals surface area contributed by atoms with Crippen LogP contribution in [0.4, 0.5) is 0 Å². The number of aryl methyl sites for hydroxylation is 2. The van der Waals surface area contributed by atoms with Gasteiger partial charge in [-0.3, -0.25) is 4.79 Å². The molecule has 1 fully saturated rings. The van der Waals surface area contributed by atoms with Gasteiger partial charge in [0.15, 0.2) is 5.78 Å². The summed E-state index contributed by atoms with van der Waals surface area (Å²) in [5.41, 5.74) is 2.73. The first kappa shape index (κ1) is 15.0. The monoisotopic (exact) mass is 275 g/mol. The third-order valence-electron chi connectivity index (χ3n) is 4.71. The summed E-state index contributed by atoms with van der Waals surface area (Å²) >= 11 is 0. The van der Waals surface area contributed by atoms with E-state index in [1.807, 2.05) is 26.0 Å². The molecule has 1 heterocycles. The topological polar surface area (TPSA) is 38.3 Å². The number of carbonyl (C=O) groups is 1. The number of hydrogen-bond donors (Lipinski definition) is 1. The minimum atomic E-state index is -0.183. The fraction of sp³-hybridized carbons (Fsp3) is 0.588. The maximum Gasteiger partial charge on any atom is 0.169 e. The van der Waals surface area contributed by atoms with E-state index in [0.717, 1.165) is 54.8 Å². The van der Waals surface area contributed by atoms with Gasteiger partial charge < -0.3 is 10.1 Å². The van der Waals surface area contributed by atoms with Crippen LogP contribution in [0.2, 0.25) is 0 Å². The molecular weight excluding hydrogens is 250 g/mol. The molecule has 0 saturated carbocycles. The molecule has 0 amide bonds. The molecule has 1 saturated heterocycles. The Morgan fingerprint density at radius 2 is 1.90 bits per heavy atom. The molecular formula is C17H25NO2. The van der Waals surface area contributed by atoms with Gasteiger partial charge in [-0.05, 0) is 69.5 Å². The Hall–Kier alpha value is -1.35. The second-order valence-corrected chi connectivity index (χ2v) is 5.85. The highest BCUT2D eigenvalue weighted by atomic mass is 16.5. The molecule has 20 heavy (non-hydrogen) atoms. The molecule has 1 aliphatic rings. The first-order chi connectivity index (χ1) is 9.54. The number of carbonyl (C=O) groups excluding carboxylic acids is 1. The van der Waals surface area contributed by atoms with Gasteiger partial charge in [0, 0.05) is 11.0 Å². The van der Waals surface area contributed by atoms with E-state index in [9.17, 15) is 4.79 Å². The van der Waals surface area contributed by atoms with Crippen molar-refractivity contribution in [2.75, 3.05) is 20.2 Å². The van der Waals surface area contributed by atoms with Crippen LogP contribution in [0.15, 0.2) is 12.1 Å². The Morgan fingerprint density at radius 3 is 2.45 bits per heavy atom. The minimum absolute atomic E-state index is 0.183. The zero-order valence-corrected chi connectivity index (χ0v) is 13.0. The van der Waals surface area contributed by atoms with Crippen LogP contribution in [0.3, 0.4) is 0 Å². The Bertz CT molecular complexity index is 502. The van der Waals surface area contributed by atoms with Crippen molar-refractivity contribution in [3.05, 3.63) is 28.8 Å². The van der Waals surface area contributed by atoms with E-state index in [1.165, 1.54) is 0 Å². The van der Waals surface area contributed by atoms with Crippen LogP contribution in [0.5, 0.6) is 5.75 Å². The highest BCUT2D eigenvalue weighted by Crippen LogP contribution is 2.38. The molecule has 0 aliphatic carbocycles. The molecule has 3 heteroatoms. The third kappa shape index (κ3) is 2.59. The lowest BCUT2D eigenvalue weighted by Crippen LogP contribution is -2.42. The van der Waals surface area contributed by atoms with Gasteiger partial charge in [0.2, 0.25) is 0 Å². The number of ketones is 1. The van der Waals surface area contributed by atoms with Gasteiger partial charge >= 0.3 is 0 Å². The van der Waals surface area contributed by atoms with Crippen LogP contribution < -0.4 is 10.1 Å². The molecule has 110 valence electrons. The van der Waals surface area contributed by atoms with Gasteiger partial charge in [0.25, 0.3) is 0 Å². The van der Waals surface area contributed by atoms with Crippen LogP contribution in [0.1, 0.15) is 47.7 Å². The number of hydrogen-bond acceptors (Lipinski definition) is 3. The second-order valence-electron chi connectivity index (χ2n) is 5.85. The molecule has 0 unspecified atom stereocenters. The predicted octanol–water partition coefficient (Wildman–Crippen LogP) is 3.27. The van der Waals surface area contributed by atoms with E-state index in [0.29, 0.717) is 5.78 Å². The van der Waals surface area contributed by atoms with Gasteiger partial charge in [-0.2, -0.15) is 0 Å². The fourth-order valence-electron chi connectivity index (χ4n) is 3.19. The Labute approximate surface area is 121 Å². The molecule has 0 bridgehead atoms. The lowest BCUT2D eigenvalue weighted by atomic mass is 9.70. The third-order valence-corrected chi connectivity index (χ3v) is 4.71. The van der Waals surface area contributed by atoms with Crippen molar-refractivity contribution in [2.45, 2.75) is 40.0 Å². The number of ether oxygens (including phenoxy) is 1. The Balaban J connectivity index is 2.39. The summed E-state index contributed by atoms with van der Waals surface area (Å²) < 4.78 is 5.34. The maximum atomic E-state index is 13.1. The van der Waals surface area contributed by atoms with Gasteiger partial charge in [-0.25, -0.2) is 0 Å². The first-order valence-corrected chi connectivity index (χ1v) is 7.45. The number of Topliss-reactive ketones (excluding diaryl/α,β-unsaturated/α-hetero) is 1. The summed E-state index contributed by atoms with van der Waals surface area (Å²) in [5.74, 6) is 1.17. The van der Waals surface area contributed by atoms with E-state index in [1.54, 1.807) is 7.11 Å². The quantitative estimate of drug-likeness (QED) is 0.857. The number of rotatable bonds is 4. The highest BCUT2D eigenvalue weighted by molar-refractivity contribution is 6.02. The molecule has 1 aromatic carbocycles. The van der Waals surface area contributed by atoms with Crippen LogP contribution in [-0.4, -0.2) is 26.0 Å². The van der Waals surface area contributed by atoms with Crippen molar-refractivity contribution in [3.8, 4) is 5.75 Å². The van der Waals surface area contributed by atoms with Crippen molar-refractivity contribution >= 4 is 5.78 Å². The average molecular weight is 275 g/mol. The van der Waals surface area contributed by atoms with E-state index < -0.39 is 0 Å². The van der Waals surface area contributed by atoms with E-state index in [-0.39, 0.29) is 5.41 Å². The molecule has 1 aliphatic heterocycles. The van der Waals surface area contributed by atoms with Crippen LogP contribution in [-0.2, 0) is 0 Å². The summed E-state index contributed by atoms with van der Waals surface area (Å²) in [7, 11) is 1.67. The smallest absolute Gasteiger partial charge is 0.169 e. The normalized spacial score (nSPS) is 17.8. The van der Waals surface area contributed by atoms with Crippen molar-refractivity contribution in [1.29, 1.82) is 0 Å². The van der Waals surface area contributed by atoms with Gasteiger partial charge in [-0.1, -0.05) is 6.92 Å². The summed E-state index contributed by atoms with van der Waals surface area (Å²) in [4.78, 5) is 13.1. The number of nitrogens with one attached hydrogen (secondary N) is 1. The Morgan fingerprint density at radius 1 is 1.25 bits per heavy atom. The van der Waals surface area contributed by atoms with Crippen molar-refractivity contribution < 1.29 is 9.53 Å². The van der Waals surface area contributed by atoms with Crippen LogP contribution >= 0.6 is 0 Å². The molecule has 2 rings (SSSR count). The maximum absolute atomic E-state index is 13.1. The second kappa shape index (κ2) is 5.96. The molecule has 0 spiro atoms. The molecule has 1 N–H and O–H groups in total. The van der Waals surface area contributed by atoms with E-state index in [4.69, 9.17) is 4.74 Å². The summed E-state index contributed by atoms with van der Waals surface area (Å²) in [6, 6.07) is 3.98.